The third-order valence-corrected chi connectivity index (χ3v) is 3.66. The maximum absolute atomic E-state index is 10.0. The van der Waals surface area contributed by atoms with Crippen molar-refractivity contribution >= 4 is 0 Å². The number of rotatable bonds is 5. The maximum Gasteiger partial charge on any atom is 0.119 e. The molecular weight excluding hydrogens is 254 g/mol. The molecule has 112 valence electrons. The summed E-state index contributed by atoms with van der Waals surface area (Å²) in [5.41, 5.74) is 2.33. The highest BCUT2D eigenvalue weighted by Crippen LogP contribution is 2.16. The van der Waals surface area contributed by atoms with Crippen molar-refractivity contribution in [3.8, 4) is 5.75 Å². The van der Waals surface area contributed by atoms with Gasteiger partial charge >= 0.3 is 0 Å². The minimum absolute atomic E-state index is 0.171. The molecule has 2 N–H and O–H groups in total. The summed E-state index contributed by atoms with van der Waals surface area (Å²) >= 11 is 0. The van der Waals surface area contributed by atoms with E-state index in [-0.39, 0.29) is 6.10 Å². The molecule has 1 heterocycles. The lowest BCUT2D eigenvalue weighted by Gasteiger charge is -2.30. The minimum Gasteiger partial charge on any atom is -0.491 e. The zero-order valence-electron chi connectivity index (χ0n) is 12.4. The predicted octanol–water partition coefficient (Wildman–Crippen LogP) is 1.50. The molecule has 0 amide bonds. The molecule has 20 heavy (non-hydrogen) atoms. The van der Waals surface area contributed by atoms with Gasteiger partial charge in [0, 0.05) is 19.6 Å². The third-order valence-electron chi connectivity index (χ3n) is 3.66. The van der Waals surface area contributed by atoms with Gasteiger partial charge in [-0.05, 0) is 49.9 Å². The summed E-state index contributed by atoms with van der Waals surface area (Å²) in [6.07, 6.45) is 0.927. The van der Waals surface area contributed by atoms with Gasteiger partial charge in [0.15, 0.2) is 0 Å². The van der Waals surface area contributed by atoms with Crippen LogP contribution in [-0.4, -0.2) is 53.6 Å². The minimum atomic E-state index is -0.494. The van der Waals surface area contributed by atoms with Crippen LogP contribution in [0.2, 0.25) is 0 Å². The van der Waals surface area contributed by atoms with Gasteiger partial charge in [-0.25, -0.2) is 0 Å². The summed E-state index contributed by atoms with van der Waals surface area (Å²) in [7, 11) is 0. The van der Waals surface area contributed by atoms with E-state index in [4.69, 9.17) is 4.74 Å². The first-order valence-corrected chi connectivity index (χ1v) is 7.32. The van der Waals surface area contributed by atoms with Crippen molar-refractivity contribution in [2.75, 3.05) is 26.2 Å². The fourth-order valence-electron chi connectivity index (χ4n) is 2.66. The number of aliphatic hydroxyl groups is 2. The summed E-state index contributed by atoms with van der Waals surface area (Å²) in [6.45, 7) is 6.69. The van der Waals surface area contributed by atoms with E-state index in [1.54, 1.807) is 0 Å². The third kappa shape index (κ3) is 4.78. The average Bonchev–Trinajstić information content (AvgIpc) is 2.38. The molecule has 0 radical (unpaired) electrons. The molecule has 1 aliphatic heterocycles. The molecule has 1 aromatic rings. The van der Waals surface area contributed by atoms with E-state index in [2.05, 4.69) is 11.0 Å². The van der Waals surface area contributed by atoms with Gasteiger partial charge in [-0.2, -0.15) is 0 Å². The smallest absolute Gasteiger partial charge is 0.119 e. The second kappa shape index (κ2) is 7.07. The molecule has 0 bridgehead atoms. The van der Waals surface area contributed by atoms with Gasteiger partial charge in [0.1, 0.15) is 18.5 Å². The van der Waals surface area contributed by atoms with Gasteiger partial charge in [-0.3, -0.25) is 0 Å². The van der Waals surface area contributed by atoms with Crippen molar-refractivity contribution < 1.29 is 14.9 Å². The average molecular weight is 279 g/mol. The van der Waals surface area contributed by atoms with E-state index in [9.17, 15) is 10.2 Å². The van der Waals surface area contributed by atoms with Crippen LogP contribution in [-0.2, 0) is 0 Å². The van der Waals surface area contributed by atoms with E-state index in [0.717, 1.165) is 31.7 Å². The van der Waals surface area contributed by atoms with Gasteiger partial charge in [0.05, 0.1) is 6.10 Å². The van der Waals surface area contributed by atoms with E-state index in [1.807, 2.05) is 26.0 Å². The first kappa shape index (κ1) is 15.3. The molecule has 1 fully saturated rings. The topological polar surface area (TPSA) is 52.9 Å². The lowest BCUT2D eigenvalue weighted by molar-refractivity contribution is 0.0337. The highest BCUT2D eigenvalue weighted by atomic mass is 16.5. The number of nitrogens with zero attached hydrogens (tertiary/aromatic N) is 1. The number of β-amino-alcohol motifs (C(OH)–C–C–N with tert-alkyl or cyclic N) is 1. The molecule has 0 saturated carbocycles. The number of likely N-dealkylation sites (tertiary alicyclic amines) is 1. The quantitative estimate of drug-likeness (QED) is 0.857. The number of ether oxygens (including phenoxy) is 1. The zero-order valence-corrected chi connectivity index (χ0v) is 12.4. The summed E-state index contributed by atoms with van der Waals surface area (Å²) in [5, 5.41) is 19.5. The van der Waals surface area contributed by atoms with Crippen LogP contribution in [0.5, 0.6) is 5.75 Å². The van der Waals surface area contributed by atoms with Crippen LogP contribution in [0.15, 0.2) is 18.2 Å². The van der Waals surface area contributed by atoms with E-state index < -0.39 is 6.10 Å². The van der Waals surface area contributed by atoms with Crippen LogP contribution in [0, 0.1) is 13.8 Å². The van der Waals surface area contributed by atoms with E-state index in [0.29, 0.717) is 13.2 Å². The number of aryl methyl sites for hydroxylation is 2. The van der Waals surface area contributed by atoms with Crippen molar-refractivity contribution in [2.45, 2.75) is 38.9 Å². The lowest BCUT2D eigenvalue weighted by Crippen LogP contribution is -2.41. The van der Waals surface area contributed by atoms with Gasteiger partial charge in [-0.15, -0.1) is 0 Å². The molecule has 1 aliphatic rings. The van der Waals surface area contributed by atoms with Crippen LogP contribution in [0.4, 0.5) is 0 Å². The number of hydrogen-bond acceptors (Lipinski definition) is 4. The number of piperidine rings is 1. The van der Waals surface area contributed by atoms with Crippen molar-refractivity contribution in [1.82, 2.24) is 4.90 Å². The Morgan fingerprint density at radius 1 is 1.20 bits per heavy atom. The molecule has 0 aliphatic carbocycles. The number of aliphatic hydroxyl groups excluding tert-OH is 2. The fraction of sp³-hybridized carbons (Fsp3) is 0.625. The number of hydrogen-bond donors (Lipinski definition) is 2. The highest BCUT2D eigenvalue weighted by Gasteiger charge is 2.19. The molecule has 1 atom stereocenters. The van der Waals surface area contributed by atoms with E-state index >= 15 is 0 Å². The van der Waals surface area contributed by atoms with Crippen molar-refractivity contribution in [3.05, 3.63) is 29.3 Å². The van der Waals surface area contributed by atoms with Gasteiger partial charge in [0.2, 0.25) is 0 Å². The summed E-state index contributed by atoms with van der Waals surface area (Å²) < 4.78 is 5.67. The van der Waals surface area contributed by atoms with Crippen molar-refractivity contribution in [1.29, 1.82) is 0 Å². The zero-order chi connectivity index (χ0) is 14.5. The molecule has 0 aromatic heterocycles. The summed E-state index contributed by atoms with van der Waals surface area (Å²) in [4.78, 5) is 2.18. The molecule has 0 spiro atoms. The Labute approximate surface area is 121 Å². The lowest BCUT2D eigenvalue weighted by atomic mass is 10.1. The molecule has 1 saturated heterocycles. The van der Waals surface area contributed by atoms with Gasteiger partial charge in [-0.1, -0.05) is 6.07 Å². The second-order valence-electron chi connectivity index (χ2n) is 5.82. The van der Waals surface area contributed by atoms with Crippen molar-refractivity contribution in [2.24, 2.45) is 0 Å². The van der Waals surface area contributed by atoms with Gasteiger partial charge < -0.3 is 19.8 Å². The Morgan fingerprint density at radius 2 is 1.80 bits per heavy atom. The fourth-order valence-corrected chi connectivity index (χ4v) is 2.66. The van der Waals surface area contributed by atoms with Crippen LogP contribution in [0.1, 0.15) is 24.0 Å². The SMILES string of the molecule is Cc1cc(C)cc(OC[C@H](O)CN2CCC(O)CC2)c1. The Morgan fingerprint density at radius 3 is 2.40 bits per heavy atom. The Kier molecular flexibility index (Phi) is 5.40. The number of benzene rings is 1. The van der Waals surface area contributed by atoms with Crippen LogP contribution in [0.3, 0.4) is 0 Å². The first-order chi connectivity index (χ1) is 9.52. The predicted molar refractivity (Wildman–Crippen MR) is 79.1 cm³/mol. The van der Waals surface area contributed by atoms with Crippen LogP contribution < -0.4 is 4.74 Å². The molecule has 1 aromatic carbocycles. The monoisotopic (exact) mass is 279 g/mol. The Bertz CT molecular complexity index is 407. The molecule has 4 nitrogen and oxygen atoms in total. The van der Waals surface area contributed by atoms with Crippen LogP contribution >= 0.6 is 0 Å². The molecule has 0 unspecified atom stereocenters. The van der Waals surface area contributed by atoms with Crippen LogP contribution in [0.25, 0.3) is 0 Å². The highest BCUT2D eigenvalue weighted by molar-refractivity contribution is 5.32. The van der Waals surface area contributed by atoms with Crippen molar-refractivity contribution in [3.63, 3.8) is 0 Å². The summed E-state index contributed by atoms with van der Waals surface area (Å²) in [6, 6.07) is 6.07. The normalized spacial score (nSPS) is 19.0. The standard InChI is InChI=1S/C16H25NO3/c1-12-7-13(2)9-16(8-12)20-11-15(19)10-17-5-3-14(18)4-6-17/h7-9,14-15,18-19H,3-6,10-11H2,1-2H3/t15-/m1/s1. The summed E-state index contributed by atoms with van der Waals surface area (Å²) in [5.74, 6) is 0.815. The van der Waals surface area contributed by atoms with Gasteiger partial charge in [0.25, 0.3) is 0 Å². The molecular formula is C16H25NO3. The largest absolute Gasteiger partial charge is 0.491 e. The first-order valence-electron chi connectivity index (χ1n) is 7.32. The molecule has 2 rings (SSSR count). The maximum atomic E-state index is 10.0. The Hall–Kier alpha value is -1.10. The van der Waals surface area contributed by atoms with E-state index in [1.165, 1.54) is 11.1 Å². The Balaban J connectivity index is 1.75. The molecule has 4 heteroatoms. The second-order valence-corrected chi connectivity index (χ2v) is 5.82.